The van der Waals surface area contributed by atoms with Crippen molar-refractivity contribution in [1.82, 2.24) is 5.32 Å². The molecule has 1 atom stereocenters. The Morgan fingerprint density at radius 3 is 2.39 bits per heavy atom. The summed E-state index contributed by atoms with van der Waals surface area (Å²) in [4.78, 5) is 23.0. The Kier molecular flexibility index (Phi) is 5.59. The summed E-state index contributed by atoms with van der Waals surface area (Å²) < 4.78 is 4.80. The molecule has 18 heavy (non-hydrogen) atoms. The summed E-state index contributed by atoms with van der Waals surface area (Å²) in [6.45, 7) is 2.06. The molecule has 0 spiro atoms. The lowest BCUT2D eigenvalue weighted by Gasteiger charge is -2.35. The highest BCUT2D eigenvalue weighted by Gasteiger charge is 2.37. The Hall–Kier alpha value is -1.10. The van der Waals surface area contributed by atoms with Crippen LogP contribution in [0.5, 0.6) is 0 Å². The second kappa shape index (κ2) is 6.73. The predicted molar refractivity (Wildman–Crippen MR) is 67.3 cm³/mol. The summed E-state index contributed by atoms with van der Waals surface area (Å²) in [5.41, 5.74) is -0.297. The van der Waals surface area contributed by atoms with E-state index >= 15 is 0 Å². The normalized spacial score (nSPS) is 20.1. The van der Waals surface area contributed by atoms with Gasteiger partial charge in [-0.25, -0.2) is 4.79 Å². The highest BCUT2D eigenvalue weighted by atomic mass is 16.5. The van der Waals surface area contributed by atoms with Crippen LogP contribution in [0.1, 0.15) is 45.4 Å². The van der Waals surface area contributed by atoms with Crippen molar-refractivity contribution in [2.24, 2.45) is 5.41 Å². The first-order valence-electron chi connectivity index (χ1n) is 6.59. The molecule has 104 valence electrons. The molecule has 0 aromatic carbocycles. The summed E-state index contributed by atoms with van der Waals surface area (Å²) in [6, 6.07) is 0. The Labute approximate surface area is 108 Å². The number of carbonyl (C=O) groups is 2. The molecule has 0 saturated heterocycles. The third kappa shape index (κ3) is 3.45. The van der Waals surface area contributed by atoms with Crippen molar-refractivity contribution < 1.29 is 19.4 Å². The van der Waals surface area contributed by atoms with E-state index in [-0.39, 0.29) is 17.9 Å². The third-order valence-electron chi connectivity index (χ3n) is 3.98. The van der Waals surface area contributed by atoms with Gasteiger partial charge in [0.15, 0.2) is 6.10 Å². The molecule has 1 rings (SSSR count). The molecule has 1 saturated carbocycles. The van der Waals surface area contributed by atoms with Gasteiger partial charge in [0.05, 0.1) is 6.54 Å². The van der Waals surface area contributed by atoms with E-state index in [0.29, 0.717) is 0 Å². The average molecular weight is 257 g/mol. The molecule has 5 nitrogen and oxygen atoms in total. The SMILES string of the molecule is CCC1(C(=O)NCC(OC)C(=O)O)CCCCC1. The molecule has 2 N–H and O–H groups in total. The Balaban J connectivity index is 2.54. The van der Waals surface area contributed by atoms with Crippen molar-refractivity contribution in [3.8, 4) is 0 Å². The van der Waals surface area contributed by atoms with Crippen LogP contribution in [0.15, 0.2) is 0 Å². The van der Waals surface area contributed by atoms with Crippen molar-refractivity contribution in [2.75, 3.05) is 13.7 Å². The van der Waals surface area contributed by atoms with Crippen LogP contribution in [-0.2, 0) is 14.3 Å². The van der Waals surface area contributed by atoms with Crippen molar-refractivity contribution in [2.45, 2.75) is 51.6 Å². The molecule has 0 aromatic rings. The molecule has 5 heteroatoms. The van der Waals surface area contributed by atoms with Gasteiger partial charge >= 0.3 is 5.97 Å². The van der Waals surface area contributed by atoms with Crippen LogP contribution in [0.2, 0.25) is 0 Å². The van der Waals surface area contributed by atoms with Crippen LogP contribution in [0.4, 0.5) is 0 Å². The summed E-state index contributed by atoms with van der Waals surface area (Å²) in [6.07, 6.45) is 4.99. The van der Waals surface area contributed by atoms with Crippen LogP contribution in [0.3, 0.4) is 0 Å². The fourth-order valence-corrected chi connectivity index (χ4v) is 2.61. The number of hydrogen-bond acceptors (Lipinski definition) is 3. The van der Waals surface area contributed by atoms with E-state index < -0.39 is 12.1 Å². The number of methoxy groups -OCH3 is 1. The number of carbonyl (C=O) groups excluding carboxylic acids is 1. The standard InChI is InChI=1S/C13H23NO4/c1-3-13(7-5-4-6-8-13)12(17)14-9-10(18-2)11(15)16/h10H,3-9H2,1-2H3,(H,14,17)(H,15,16). The maximum Gasteiger partial charge on any atom is 0.334 e. The second-order valence-electron chi connectivity index (χ2n) is 4.97. The van der Waals surface area contributed by atoms with Gasteiger partial charge < -0.3 is 15.2 Å². The first-order valence-corrected chi connectivity index (χ1v) is 6.59. The fourth-order valence-electron chi connectivity index (χ4n) is 2.61. The molecule has 1 unspecified atom stereocenters. The lowest BCUT2D eigenvalue weighted by Crippen LogP contribution is -2.46. The zero-order valence-electron chi connectivity index (χ0n) is 11.2. The predicted octanol–water partition coefficient (Wildman–Crippen LogP) is 1.56. The molecule has 0 radical (unpaired) electrons. The lowest BCUT2D eigenvalue weighted by molar-refractivity contribution is -0.148. The molecular formula is C13H23NO4. The number of aliphatic carboxylic acids is 1. The first-order chi connectivity index (χ1) is 8.55. The Morgan fingerprint density at radius 1 is 1.33 bits per heavy atom. The van der Waals surface area contributed by atoms with Crippen LogP contribution in [0, 0.1) is 5.41 Å². The van der Waals surface area contributed by atoms with E-state index in [1.54, 1.807) is 0 Å². The number of nitrogens with one attached hydrogen (secondary N) is 1. The minimum Gasteiger partial charge on any atom is -0.479 e. The Morgan fingerprint density at radius 2 is 1.94 bits per heavy atom. The van der Waals surface area contributed by atoms with Crippen molar-refractivity contribution in [3.05, 3.63) is 0 Å². The molecule has 0 aliphatic heterocycles. The van der Waals surface area contributed by atoms with E-state index in [2.05, 4.69) is 5.32 Å². The van der Waals surface area contributed by atoms with Crippen molar-refractivity contribution >= 4 is 11.9 Å². The summed E-state index contributed by atoms with van der Waals surface area (Å²) >= 11 is 0. The van der Waals surface area contributed by atoms with Crippen molar-refractivity contribution in [1.29, 1.82) is 0 Å². The van der Waals surface area contributed by atoms with Gasteiger partial charge in [-0.3, -0.25) is 4.79 Å². The molecule has 1 aliphatic carbocycles. The van der Waals surface area contributed by atoms with Gasteiger partial charge in [0.25, 0.3) is 0 Å². The molecule has 0 aromatic heterocycles. The molecule has 1 aliphatic rings. The van der Waals surface area contributed by atoms with Gasteiger partial charge in [0, 0.05) is 12.5 Å². The number of ether oxygens (including phenoxy) is 1. The third-order valence-corrected chi connectivity index (χ3v) is 3.98. The molecule has 1 amide bonds. The van der Waals surface area contributed by atoms with E-state index in [1.165, 1.54) is 13.5 Å². The maximum atomic E-state index is 12.2. The van der Waals surface area contributed by atoms with Gasteiger partial charge in [-0.15, -0.1) is 0 Å². The highest BCUT2D eigenvalue weighted by molar-refractivity contribution is 5.83. The quantitative estimate of drug-likeness (QED) is 0.757. The summed E-state index contributed by atoms with van der Waals surface area (Å²) in [7, 11) is 1.33. The lowest BCUT2D eigenvalue weighted by atomic mass is 9.71. The molecule has 0 heterocycles. The molecular weight excluding hydrogens is 234 g/mol. The molecule has 1 fully saturated rings. The number of rotatable bonds is 6. The minimum atomic E-state index is -1.05. The van der Waals surface area contributed by atoms with Crippen LogP contribution in [-0.4, -0.2) is 36.7 Å². The zero-order chi connectivity index (χ0) is 13.6. The van der Waals surface area contributed by atoms with E-state index in [4.69, 9.17) is 9.84 Å². The number of hydrogen-bond donors (Lipinski definition) is 2. The van der Waals surface area contributed by atoms with E-state index in [9.17, 15) is 9.59 Å². The number of carboxylic acids is 1. The van der Waals surface area contributed by atoms with E-state index in [0.717, 1.165) is 32.1 Å². The smallest absolute Gasteiger partial charge is 0.334 e. The molecule has 0 bridgehead atoms. The van der Waals surface area contributed by atoms with Crippen molar-refractivity contribution in [3.63, 3.8) is 0 Å². The maximum absolute atomic E-state index is 12.2. The first kappa shape index (κ1) is 15.0. The topological polar surface area (TPSA) is 75.6 Å². The van der Waals surface area contributed by atoms with Crippen LogP contribution >= 0.6 is 0 Å². The monoisotopic (exact) mass is 257 g/mol. The largest absolute Gasteiger partial charge is 0.479 e. The fraction of sp³-hybridized carbons (Fsp3) is 0.846. The van der Waals surface area contributed by atoms with Gasteiger partial charge in [-0.2, -0.15) is 0 Å². The van der Waals surface area contributed by atoms with Gasteiger partial charge in [-0.1, -0.05) is 26.2 Å². The number of carboxylic acid groups (broad SMARTS) is 1. The van der Waals surface area contributed by atoms with E-state index in [1.807, 2.05) is 6.92 Å². The van der Waals surface area contributed by atoms with Gasteiger partial charge in [0.2, 0.25) is 5.91 Å². The van der Waals surface area contributed by atoms with Gasteiger partial charge in [0.1, 0.15) is 0 Å². The average Bonchev–Trinajstić information content (AvgIpc) is 2.39. The minimum absolute atomic E-state index is 0.0204. The summed E-state index contributed by atoms with van der Waals surface area (Å²) in [5.74, 6) is -1.07. The van der Waals surface area contributed by atoms with Gasteiger partial charge in [-0.05, 0) is 19.3 Å². The van der Waals surface area contributed by atoms with Crippen LogP contribution < -0.4 is 5.32 Å². The number of amides is 1. The highest BCUT2D eigenvalue weighted by Crippen LogP contribution is 2.39. The van der Waals surface area contributed by atoms with Crippen LogP contribution in [0.25, 0.3) is 0 Å². The summed E-state index contributed by atoms with van der Waals surface area (Å²) in [5, 5.41) is 11.6. The Bertz CT molecular complexity index is 297. The zero-order valence-corrected chi connectivity index (χ0v) is 11.2. The second-order valence-corrected chi connectivity index (χ2v) is 4.97.